The number of nitrogens with zero attached hydrogens (tertiary/aromatic N) is 2. The van der Waals surface area contributed by atoms with Gasteiger partial charge in [0.15, 0.2) is 11.3 Å². The highest BCUT2D eigenvalue weighted by Crippen LogP contribution is 2.44. The summed E-state index contributed by atoms with van der Waals surface area (Å²) in [4.78, 5) is 14.5. The van der Waals surface area contributed by atoms with E-state index in [1.807, 2.05) is 30.3 Å². The van der Waals surface area contributed by atoms with Crippen molar-refractivity contribution in [2.45, 2.75) is 0 Å². The molecule has 0 bridgehead atoms. The van der Waals surface area contributed by atoms with Gasteiger partial charge in [0.2, 0.25) is 5.75 Å². The monoisotopic (exact) mass is 288 g/mol. The van der Waals surface area contributed by atoms with Crippen LogP contribution in [0.3, 0.4) is 0 Å². The number of aromatic hydroxyl groups is 2. The fourth-order valence-electron chi connectivity index (χ4n) is 1.90. The van der Waals surface area contributed by atoms with Crippen LogP contribution in [0.25, 0.3) is 20.8 Å². The fraction of sp³-hybridized carbons (Fsp3) is 0. The summed E-state index contributed by atoms with van der Waals surface area (Å²) in [5.74, 6) is -1.28. The number of fused-ring (bicyclic) bond motifs is 1. The van der Waals surface area contributed by atoms with Gasteiger partial charge in [0.1, 0.15) is 5.01 Å². The lowest BCUT2D eigenvalue weighted by Crippen LogP contribution is -1.90. The zero-order valence-corrected chi connectivity index (χ0v) is 10.8. The predicted molar refractivity (Wildman–Crippen MR) is 75.0 cm³/mol. The van der Waals surface area contributed by atoms with Gasteiger partial charge in [0.25, 0.3) is 0 Å². The standard InChI is InChI=1S/C13H8N2O4S/c16-8-6-9-10(11(12(8)17)15(18)19)14-13(20-9)7-4-2-1-3-5-7/h1-6,16-17H. The molecule has 6 nitrogen and oxygen atoms in total. The van der Waals surface area contributed by atoms with E-state index in [0.29, 0.717) is 9.71 Å². The van der Waals surface area contributed by atoms with Crippen LogP contribution in [0.1, 0.15) is 0 Å². The van der Waals surface area contributed by atoms with Gasteiger partial charge in [0.05, 0.1) is 9.62 Å². The number of phenolic OH excluding ortho intramolecular Hbond substituents is 2. The van der Waals surface area contributed by atoms with Gasteiger partial charge in [-0.05, 0) is 0 Å². The summed E-state index contributed by atoms with van der Waals surface area (Å²) in [6, 6.07) is 10.5. The average Bonchev–Trinajstić information content (AvgIpc) is 2.83. The molecule has 7 heteroatoms. The lowest BCUT2D eigenvalue weighted by molar-refractivity contribution is -0.384. The molecule has 1 heterocycles. The van der Waals surface area contributed by atoms with Crippen LogP contribution in [0.4, 0.5) is 5.69 Å². The van der Waals surface area contributed by atoms with Crippen molar-refractivity contribution < 1.29 is 15.1 Å². The minimum absolute atomic E-state index is 0.0779. The Labute approximate surface area is 116 Å². The van der Waals surface area contributed by atoms with E-state index in [-0.39, 0.29) is 5.52 Å². The molecule has 0 fully saturated rings. The number of nitro benzene ring substituents is 1. The van der Waals surface area contributed by atoms with Crippen LogP contribution in [-0.2, 0) is 0 Å². The molecule has 1 aromatic heterocycles. The topological polar surface area (TPSA) is 96.5 Å². The first-order valence-electron chi connectivity index (χ1n) is 5.63. The van der Waals surface area contributed by atoms with Crippen molar-refractivity contribution in [3.05, 3.63) is 46.5 Å². The number of aromatic nitrogens is 1. The number of nitro groups is 1. The Bertz CT molecular complexity index is 814. The van der Waals surface area contributed by atoms with Gasteiger partial charge in [-0.2, -0.15) is 0 Å². The van der Waals surface area contributed by atoms with Crippen LogP contribution in [-0.4, -0.2) is 20.1 Å². The molecule has 100 valence electrons. The molecule has 0 radical (unpaired) electrons. The van der Waals surface area contributed by atoms with Crippen molar-refractivity contribution in [2.75, 3.05) is 0 Å². The minimum Gasteiger partial charge on any atom is -0.504 e. The Morgan fingerprint density at radius 2 is 1.90 bits per heavy atom. The van der Waals surface area contributed by atoms with E-state index >= 15 is 0 Å². The quantitative estimate of drug-likeness (QED) is 0.428. The first kappa shape index (κ1) is 12.4. The number of thiazole rings is 1. The number of benzene rings is 2. The van der Waals surface area contributed by atoms with Gasteiger partial charge in [-0.15, -0.1) is 11.3 Å². The van der Waals surface area contributed by atoms with Crippen LogP contribution in [0, 0.1) is 10.1 Å². The molecular formula is C13H8N2O4S. The number of rotatable bonds is 2. The van der Waals surface area contributed by atoms with Gasteiger partial charge >= 0.3 is 5.69 Å². The molecule has 0 spiro atoms. The van der Waals surface area contributed by atoms with E-state index in [9.17, 15) is 20.3 Å². The SMILES string of the molecule is O=[N+]([O-])c1c(O)c(O)cc2sc(-c3ccccc3)nc12. The van der Waals surface area contributed by atoms with E-state index in [1.165, 1.54) is 17.4 Å². The van der Waals surface area contributed by atoms with E-state index < -0.39 is 22.1 Å². The normalized spacial score (nSPS) is 10.8. The van der Waals surface area contributed by atoms with Gasteiger partial charge in [-0.1, -0.05) is 30.3 Å². The maximum atomic E-state index is 11.0. The molecule has 0 unspecified atom stereocenters. The molecule has 0 amide bonds. The van der Waals surface area contributed by atoms with Crippen molar-refractivity contribution in [2.24, 2.45) is 0 Å². The van der Waals surface area contributed by atoms with E-state index in [0.717, 1.165) is 5.56 Å². The predicted octanol–water partition coefficient (Wildman–Crippen LogP) is 3.28. The van der Waals surface area contributed by atoms with Gasteiger partial charge in [-0.3, -0.25) is 10.1 Å². The van der Waals surface area contributed by atoms with Crippen molar-refractivity contribution >= 4 is 27.2 Å². The summed E-state index contributed by atoms with van der Waals surface area (Å²) in [6.07, 6.45) is 0. The zero-order chi connectivity index (χ0) is 14.3. The van der Waals surface area contributed by atoms with Crippen molar-refractivity contribution in [3.8, 4) is 22.1 Å². The third kappa shape index (κ3) is 1.84. The number of hydrogen-bond donors (Lipinski definition) is 2. The van der Waals surface area contributed by atoms with Gasteiger partial charge in [0, 0.05) is 11.6 Å². The molecular weight excluding hydrogens is 280 g/mol. The van der Waals surface area contributed by atoms with E-state index in [1.54, 1.807) is 0 Å². The Morgan fingerprint density at radius 1 is 1.20 bits per heavy atom. The highest BCUT2D eigenvalue weighted by atomic mass is 32.1. The van der Waals surface area contributed by atoms with Crippen LogP contribution in [0.15, 0.2) is 36.4 Å². The maximum absolute atomic E-state index is 11.0. The molecule has 0 aliphatic carbocycles. The largest absolute Gasteiger partial charge is 0.504 e. The Hall–Kier alpha value is -2.67. The Kier molecular flexibility index (Phi) is 2.76. The summed E-state index contributed by atoms with van der Waals surface area (Å²) >= 11 is 1.22. The van der Waals surface area contributed by atoms with E-state index in [2.05, 4.69) is 4.98 Å². The van der Waals surface area contributed by atoms with Crippen molar-refractivity contribution in [1.82, 2.24) is 4.98 Å². The second kappa shape index (κ2) is 4.46. The fourth-order valence-corrected chi connectivity index (χ4v) is 2.91. The molecule has 0 saturated carbocycles. The molecule has 2 N–H and O–H groups in total. The van der Waals surface area contributed by atoms with Crippen LogP contribution >= 0.6 is 11.3 Å². The molecule has 3 aromatic rings. The highest BCUT2D eigenvalue weighted by molar-refractivity contribution is 7.21. The summed E-state index contributed by atoms with van der Waals surface area (Å²) in [5, 5.41) is 30.8. The Morgan fingerprint density at radius 3 is 2.55 bits per heavy atom. The third-order valence-electron chi connectivity index (χ3n) is 2.82. The minimum atomic E-state index is -0.757. The smallest absolute Gasteiger partial charge is 0.341 e. The molecule has 0 aliphatic heterocycles. The van der Waals surface area contributed by atoms with Crippen LogP contribution in [0.5, 0.6) is 11.5 Å². The summed E-state index contributed by atoms with van der Waals surface area (Å²) in [6.45, 7) is 0. The average molecular weight is 288 g/mol. The summed E-state index contributed by atoms with van der Waals surface area (Å²) < 4.78 is 0.450. The van der Waals surface area contributed by atoms with Crippen LogP contribution in [0.2, 0.25) is 0 Å². The van der Waals surface area contributed by atoms with Gasteiger partial charge < -0.3 is 10.2 Å². The first-order chi connectivity index (χ1) is 9.58. The summed E-state index contributed by atoms with van der Waals surface area (Å²) in [7, 11) is 0. The molecule has 3 rings (SSSR count). The molecule has 0 aliphatic rings. The molecule has 0 atom stereocenters. The molecule has 2 aromatic carbocycles. The maximum Gasteiger partial charge on any atom is 0.341 e. The lowest BCUT2D eigenvalue weighted by atomic mass is 10.2. The second-order valence-corrected chi connectivity index (χ2v) is 5.11. The van der Waals surface area contributed by atoms with Crippen molar-refractivity contribution in [1.29, 1.82) is 0 Å². The molecule has 20 heavy (non-hydrogen) atoms. The number of hydrogen-bond acceptors (Lipinski definition) is 6. The highest BCUT2D eigenvalue weighted by Gasteiger charge is 2.25. The lowest BCUT2D eigenvalue weighted by Gasteiger charge is -1.98. The Balaban J connectivity index is 2.31. The molecule has 0 saturated heterocycles. The first-order valence-corrected chi connectivity index (χ1v) is 6.45. The van der Waals surface area contributed by atoms with Crippen LogP contribution < -0.4 is 0 Å². The van der Waals surface area contributed by atoms with E-state index in [4.69, 9.17) is 0 Å². The van der Waals surface area contributed by atoms with Gasteiger partial charge in [-0.25, -0.2) is 4.98 Å². The number of phenols is 2. The summed E-state index contributed by atoms with van der Waals surface area (Å²) in [5.41, 5.74) is 0.328. The zero-order valence-electron chi connectivity index (χ0n) is 9.98. The second-order valence-electron chi connectivity index (χ2n) is 4.08. The third-order valence-corrected chi connectivity index (χ3v) is 3.87. The van der Waals surface area contributed by atoms with Crippen molar-refractivity contribution in [3.63, 3.8) is 0 Å².